The molecule has 128 valence electrons. The van der Waals surface area contributed by atoms with Crippen LogP contribution in [0.1, 0.15) is 17.5 Å². The molecule has 1 atom stereocenters. The van der Waals surface area contributed by atoms with E-state index in [1.807, 2.05) is 30.3 Å². The summed E-state index contributed by atoms with van der Waals surface area (Å²) in [6.45, 7) is 0.546. The lowest BCUT2D eigenvalue weighted by Gasteiger charge is -2.13. The molecule has 1 aliphatic heterocycles. The number of hydrogen-bond donors (Lipinski definition) is 2. The Morgan fingerprint density at radius 3 is 2.52 bits per heavy atom. The number of rotatable bonds is 6. The van der Waals surface area contributed by atoms with Gasteiger partial charge in [-0.3, -0.25) is 19.5 Å². The fourth-order valence-electron chi connectivity index (χ4n) is 2.59. The Morgan fingerprint density at radius 2 is 1.80 bits per heavy atom. The quantitative estimate of drug-likeness (QED) is 0.775. The van der Waals surface area contributed by atoms with E-state index in [1.165, 1.54) is 0 Å². The van der Waals surface area contributed by atoms with E-state index in [0.717, 1.165) is 16.0 Å². The van der Waals surface area contributed by atoms with Gasteiger partial charge < -0.3 is 10.6 Å². The highest BCUT2D eigenvalue weighted by Gasteiger charge is 2.38. The average molecular weight is 338 g/mol. The van der Waals surface area contributed by atoms with Crippen LogP contribution in [0, 0.1) is 0 Å². The largest absolute Gasteiger partial charge is 0.352 e. The molecule has 0 aliphatic carbocycles. The van der Waals surface area contributed by atoms with Crippen LogP contribution in [0.15, 0.2) is 54.9 Å². The number of amides is 4. The first-order chi connectivity index (χ1) is 12.1. The summed E-state index contributed by atoms with van der Waals surface area (Å²) >= 11 is 0. The number of benzene rings is 1. The van der Waals surface area contributed by atoms with Crippen molar-refractivity contribution >= 4 is 17.8 Å². The van der Waals surface area contributed by atoms with Crippen LogP contribution in [-0.4, -0.2) is 33.8 Å². The van der Waals surface area contributed by atoms with E-state index >= 15 is 0 Å². The van der Waals surface area contributed by atoms with Crippen LogP contribution < -0.4 is 10.6 Å². The lowest BCUT2D eigenvalue weighted by atomic mass is 10.1. The van der Waals surface area contributed by atoms with E-state index in [4.69, 9.17) is 0 Å². The SMILES string of the molecule is O=C(C[C@@H]1NC(=O)N(Cc2ccccc2)C1=O)NCc1ccncc1. The van der Waals surface area contributed by atoms with Crippen LogP contribution in [0.2, 0.25) is 0 Å². The average Bonchev–Trinajstić information content (AvgIpc) is 2.89. The summed E-state index contributed by atoms with van der Waals surface area (Å²) in [5.41, 5.74) is 1.77. The summed E-state index contributed by atoms with van der Waals surface area (Å²) in [5.74, 6) is -0.676. The highest BCUT2D eigenvalue weighted by molar-refractivity contribution is 6.05. The van der Waals surface area contributed by atoms with Gasteiger partial charge in [-0.05, 0) is 23.3 Å². The minimum absolute atomic E-state index is 0.0824. The number of nitrogens with zero attached hydrogens (tertiary/aromatic N) is 2. The number of nitrogens with one attached hydrogen (secondary N) is 2. The second-order valence-corrected chi connectivity index (χ2v) is 5.75. The Kier molecular flexibility index (Phi) is 5.03. The Labute approximate surface area is 145 Å². The van der Waals surface area contributed by atoms with Gasteiger partial charge in [-0.2, -0.15) is 0 Å². The maximum Gasteiger partial charge on any atom is 0.325 e. The summed E-state index contributed by atoms with van der Waals surface area (Å²) in [4.78, 5) is 41.5. The monoisotopic (exact) mass is 338 g/mol. The van der Waals surface area contributed by atoms with Crippen molar-refractivity contribution in [3.63, 3.8) is 0 Å². The standard InChI is InChI=1S/C18H18N4O3/c23-16(20-11-13-6-8-19-9-7-13)10-15-17(24)22(18(25)21-15)12-14-4-2-1-3-5-14/h1-9,15H,10-12H2,(H,20,23)(H,21,25)/t15-/m0/s1. The van der Waals surface area contributed by atoms with Crippen molar-refractivity contribution in [3.05, 3.63) is 66.0 Å². The van der Waals surface area contributed by atoms with E-state index in [-0.39, 0.29) is 24.8 Å². The molecule has 2 heterocycles. The first-order valence-electron chi connectivity index (χ1n) is 7.95. The van der Waals surface area contributed by atoms with Gasteiger partial charge in [-0.15, -0.1) is 0 Å². The van der Waals surface area contributed by atoms with Gasteiger partial charge in [0.15, 0.2) is 0 Å². The fraction of sp³-hybridized carbons (Fsp3) is 0.222. The minimum Gasteiger partial charge on any atom is -0.352 e. The van der Waals surface area contributed by atoms with Crippen LogP contribution in [0.4, 0.5) is 4.79 Å². The smallest absolute Gasteiger partial charge is 0.325 e. The number of aromatic nitrogens is 1. The molecule has 7 nitrogen and oxygen atoms in total. The van der Waals surface area contributed by atoms with Crippen molar-refractivity contribution in [2.45, 2.75) is 25.6 Å². The number of pyridine rings is 1. The van der Waals surface area contributed by atoms with Crippen molar-refractivity contribution in [2.75, 3.05) is 0 Å². The zero-order chi connectivity index (χ0) is 17.6. The first-order valence-corrected chi connectivity index (χ1v) is 7.95. The molecule has 1 saturated heterocycles. The maximum atomic E-state index is 12.4. The molecule has 25 heavy (non-hydrogen) atoms. The van der Waals surface area contributed by atoms with Gasteiger partial charge in [0.1, 0.15) is 6.04 Å². The fourth-order valence-corrected chi connectivity index (χ4v) is 2.59. The van der Waals surface area contributed by atoms with Crippen LogP contribution in [-0.2, 0) is 22.7 Å². The number of urea groups is 1. The number of carbonyl (C=O) groups is 3. The summed E-state index contributed by atoms with van der Waals surface area (Å²) in [5, 5.41) is 5.31. The lowest BCUT2D eigenvalue weighted by molar-refractivity contribution is -0.131. The molecule has 0 unspecified atom stereocenters. The van der Waals surface area contributed by atoms with Gasteiger partial charge in [0, 0.05) is 18.9 Å². The van der Waals surface area contributed by atoms with Crippen molar-refractivity contribution < 1.29 is 14.4 Å². The molecule has 4 amide bonds. The maximum absolute atomic E-state index is 12.4. The molecule has 1 fully saturated rings. The van der Waals surface area contributed by atoms with Crippen molar-refractivity contribution in [2.24, 2.45) is 0 Å². The van der Waals surface area contributed by atoms with Crippen LogP contribution in [0.25, 0.3) is 0 Å². The Hall–Kier alpha value is -3.22. The molecule has 1 aliphatic rings. The van der Waals surface area contributed by atoms with Gasteiger partial charge in [0.2, 0.25) is 5.91 Å². The van der Waals surface area contributed by atoms with E-state index in [9.17, 15) is 14.4 Å². The van der Waals surface area contributed by atoms with Gasteiger partial charge >= 0.3 is 6.03 Å². The summed E-state index contributed by atoms with van der Waals surface area (Å²) < 4.78 is 0. The predicted octanol–water partition coefficient (Wildman–Crippen LogP) is 1.21. The molecule has 0 saturated carbocycles. The normalized spacial score (nSPS) is 16.6. The molecule has 0 bridgehead atoms. The third-order valence-corrected chi connectivity index (χ3v) is 3.92. The van der Waals surface area contributed by atoms with Gasteiger partial charge in [-0.1, -0.05) is 30.3 Å². The number of hydrogen-bond acceptors (Lipinski definition) is 4. The summed E-state index contributed by atoms with van der Waals surface area (Å²) in [6, 6.07) is 11.5. The Morgan fingerprint density at radius 1 is 1.08 bits per heavy atom. The number of carbonyl (C=O) groups excluding carboxylic acids is 3. The summed E-state index contributed by atoms with van der Waals surface area (Å²) in [6.07, 6.45) is 3.20. The second-order valence-electron chi connectivity index (χ2n) is 5.75. The highest BCUT2D eigenvalue weighted by Crippen LogP contribution is 2.14. The van der Waals surface area contributed by atoms with Crippen LogP contribution >= 0.6 is 0 Å². The molecule has 2 N–H and O–H groups in total. The molecular weight excluding hydrogens is 320 g/mol. The molecule has 7 heteroatoms. The van der Waals surface area contributed by atoms with E-state index in [1.54, 1.807) is 24.5 Å². The molecule has 3 rings (SSSR count). The van der Waals surface area contributed by atoms with E-state index in [2.05, 4.69) is 15.6 Å². The third kappa shape index (κ3) is 4.20. The van der Waals surface area contributed by atoms with Crippen molar-refractivity contribution in [3.8, 4) is 0 Å². The van der Waals surface area contributed by atoms with Gasteiger partial charge in [0.25, 0.3) is 5.91 Å². The van der Waals surface area contributed by atoms with Crippen molar-refractivity contribution in [1.82, 2.24) is 20.5 Å². The van der Waals surface area contributed by atoms with Crippen molar-refractivity contribution in [1.29, 1.82) is 0 Å². The molecule has 0 radical (unpaired) electrons. The molecule has 1 aromatic heterocycles. The Balaban J connectivity index is 1.54. The molecule has 0 spiro atoms. The number of imide groups is 1. The van der Waals surface area contributed by atoms with Crippen LogP contribution in [0.5, 0.6) is 0 Å². The lowest BCUT2D eigenvalue weighted by Crippen LogP contribution is -2.36. The van der Waals surface area contributed by atoms with E-state index < -0.39 is 12.1 Å². The highest BCUT2D eigenvalue weighted by atomic mass is 16.2. The zero-order valence-corrected chi connectivity index (χ0v) is 13.5. The minimum atomic E-state index is -0.825. The van der Waals surface area contributed by atoms with Gasteiger partial charge in [0.05, 0.1) is 13.0 Å². The summed E-state index contributed by atoms with van der Waals surface area (Å²) in [7, 11) is 0. The van der Waals surface area contributed by atoms with Gasteiger partial charge in [-0.25, -0.2) is 4.79 Å². The van der Waals surface area contributed by atoms with E-state index in [0.29, 0.717) is 6.54 Å². The topological polar surface area (TPSA) is 91.4 Å². The molecule has 1 aromatic carbocycles. The molecule has 2 aromatic rings. The first kappa shape index (κ1) is 16.6. The third-order valence-electron chi connectivity index (χ3n) is 3.92. The van der Waals surface area contributed by atoms with Crippen LogP contribution in [0.3, 0.4) is 0 Å². The Bertz CT molecular complexity index is 764. The molecular formula is C18H18N4O3. The second kappa shape index (κ2) is 7.57. The zero-order valence-electron chi connectivity index (χ0n) is 13.5. The predicted molar refractivity (Wildman–Crippen MR) is 90.0 cm³/mol.